The minimum Gasteiger partial charge on any atom is -0.355 e. The lowest BCUT2D eigenvalue weighted by Crippen LogP contribution is -2.40. The number of benzene rings is 1. The fourth-order valence-electron chi connectivity index (χ4n) is 3.71. The number of rotatable bonds is 6. The molecule has 2 aromatic rings. The van der Waals surface area contributed by atoms with Crippen molar-refractivity contribution in [3.8, 4) is 0 Å². The van der Waals surface area contributed by atoms with E-state index in [0.717, 1.165) is 37.2 Å². The van der Waals surface area contributed by atoms with Gasteiger partial charge in [0, 0.05) is 32.4 Å². The van der Waals surface area contributed by atoms with Crippen LogP contribution in [0.4, 0.5) is 19.0 Å². The van der Waals surface area contributed by atoms with Crippen LogP contribution >= 0.6 is 0 Å². The number of anilines is 1. The van der Waals surface area contributed by atoms with Gasteiger partial charge in [0.1, 0.15) is 5.82 Å². The first-order valence-corrected chi connectivity index (χ1v) is 10.6. The Morgan fingerprint density at radius 3 is 2.45 bits per heavy atom. The van der Waals surface area contributed by atoms with Gasteiger partial charge in [-0.2, -0.15) is 13.2 Å². The zero-order chi connectivity index (χ0) is 22.4. The highest BCUT2D eigenvalue weighted by molar-refractivity contribution is 5.78. The molecule has 2 heterocycles. The number of nitrogens with zero attached hydrogens (tertiary/aromatic N) is 3. The third-order valence-electron chi connectivity index (χ3n) is 5.62. The summed E-state index contributed by atoms with van der Waals surface area (Å²) in [5.41, 5.74) is 1.59. The van der Waals surface area contributed by atoms with E-state index in [4.69, 9.17) is 0 Å². The molecular formula is C23H29F3N4O. The summed E-state index contributed by atoms with van der Waals surface area (Å²) in [6.07, 6.45) is -1.72. The second kappa shape index (κ2) is 10.1. The number of pyridine rings is 1. The molecule has 5 nitrogen and oxygen atoms in total. The van der Waals surface area contributed by atoms with Crippen LogP contribution in [0.3, 0.4) is 0 Å². The standard InChI is InChI=1S/C23H29F3N4O/c1-3-18-5-7-19(8-6-18)17(2)28-22(31)16-29-11-4-12-30(14-13-29)21-10-9-20(15-27-21)23(24,25)26/h5-10,15,17H,3-4,11-14,16H2,1-2H3,(H,28,31)/t17-/m1/s1. The number of nitrogens with one attached hydrogen (secondary N) is 1. The van der Waals surface area contributed by atoms with Crippen LogP contribution in [0.1, 0.15) is 43.0 Å². The largest absolute Gasteiger partial charge is 0.417 e. The zero-order valence-corrected chi connectivity index (χ0v) is 18.0. The van der Waals surface area contributed by atoms with Crippen LogP contribution in [0.15, 0.2) is 42.6 Å². The third-order valence-corrected chi connectivity index (χ3v) is 5.62. The van der Waals surface area contributed by atoms with Crippen molar-refractivity contribution in [1.82, 2.24) is 15.2 Å². The van der Waals surface area contributed by atoms with Crippen molar-refractivity contribution >= 4 is 11.7 Å². The normalized spacial score (nSPS) is 16.6. The Hall–Kier alpha value is -2.61. The molecule has 1 fully saturated rings. The number of aromatic nitrogens is 1. The average molecular weight is 435 g/mol. The highest BCUT2D eigenvalue weighted by atomic mass is 19.4. The Balaban J connectivity index is 1.50. The summed E-state index contributed by atoms with van der Waals surface area (Å²) in [5, 5.41) is 3.05. The van der Waals surface area contributed by atoms with Crippen molar-refractivity contribution < 1.29 is 18.0 Å². The molecule has 1 aromatic heterocycles. The Labute approximate surface area is 181 Å². The molecule has 3 rings (SSSR count). The molecule has 168 valence electrons. The molecule has 1 N–H and O–H groups in total. The number of hydrogen-bond acceptors (Lipinski definition) is 4. The molecule has 0 radical (unpaired) electrons. The highest BCUT2D eigenvalue weighted by Crippen LogP contribution is 2.29. The van der Waals surface area contributed by atoms with Crippen LogP contribution in [0.25, 0.3) is 0 Å². The fraction of sp³-hybridized carbons (Fsp3) is 0.478. The molecule has 1 saturated heterocycles. The molecule has 0 aliphatic carbocycles. The van der Waals surface area contributed by atoms with Gasteiger partial charge in [-0.3, -0.25) is 9.69 Å². The number of halogens is 3. The van der Waals surface area contributed by atoms with E-state index in [1.807, 2.05) is 24.0 Å². The van der Waals surface area contributed by atoms with E-state index in [0.29, 0.717) is 32.0 Å². The summed E-state index contributed by atoms with van der Waals surface area (Å²) >= 11 is 0. The lowest BCUT2D eigenvalue weighted by Gasteiger charge is -2.23. The number of amides is 1. The average Bonchev–Trinajstić information content (AvgIpc) is 2.98. The van der Waals surface area contributed by atoms with Gasteiger partial charge in [-0.1, -0.05) is 31.2 Å². The highest BCUT2D eigenvalue weighted by Gasteiger charge is 2.31. The second-order valence-electron chi connectivity index (χ2n) is 7.90. The monoisotopic (exact) mass is 434 g/mol. The number of carbonyl (C=O) groups is 1. The van der Waals surface area contributed by atoms with E-state index in [-0.39, 0.29) is 11.9 Å². The van der Waals surface area contributed by atoms with Crippen LogP contribution in [0.5, 0.6) is 0 Å². The zero-order valence-electron chi connectivity index (χ0n) is 18.0. The third kappa shape index (κ3) is 6.43. The molecule has 31 heavy (non-hydrogen) atoms. The van der Waals surface area contributed by atoms with Crippen molar-refractivity contribution in [3.63, 3.8) is 0 Å². The predicted octanol–water partition coefficient (Wildman–Crippen LogP) is 4.05. The van der Waals surface area contributed by atoms with Gasteiger partial charge in [-0.05, 0) is 43.0 Å². The van der Waals surface area contributed by atoms with E-state index in [2.05, 4.69) is 34.3 Å². The summed E-state index contributed by atoms with van der Waals surface area (Å²) in [4.78, 5) is 20.6. The van der Waals surface area contributed by atoms with E-state index in [1.165, 1.54) is 11.6 Å². The van der Waals surface area contributed by atoms with Crippen LogP contribution in [-0.4, -0.2) is 48.5 Å². The molecule has 8 heteroatoms. The van der Waals surface area contributed by atoms with Crippen molar-refractivity contribution in [3.05, 3.63) is 59.3 Å². The summed E-state index contributed by atoms with van der Waals surface area (Å²) in [6.45, 7) is 7.08. The molecule has 0 unspecified atom stereocenters. The summed E-state index contributed by atoms with van der Waals surface area (Å²) < 4.78 is 38.2. The second-order valence-corrected chi connectivity index (χ2v) is 7.90. The predicted molar refractivity (Wildman–Crippen MR) is 115 cm³/mol. The summed E-state index contributed by atoms with van der Waals surface area (Å²) in [7, 11) is 0. The molecule has 0 bridgehead atoms. The molecule has 0 spiro atoms. The minimum atomic E-state index is -4.39. The van der Waals surface area contributed by atoms with Gasteiger partial charge < -0.3 is 10.2 Å². The van der Waals surface area contributed by atoms with Gasteiger partial charge in [0.15, 0.2) is 0 Å². The summed E-state index contributed by atoms with van der Waals surface area (Å²) in [6, 6.07) is 10.7. The first kappa shape index (κ1) is 23.1. The quantitative estimate of drug-likeness (QED) is 0.745. The molecule has 1 aliphatic heterocycles. The van der Waals surface area contributed by atoms with Crippen LogP contribution in [0, 0.1) is 0 Å². The number of hydrogen-bond donors (Lipinski definition) is 1. The molecule has 1 aromatic carbocycles. The van der Waals surface area contributed by atoms with E-state index >= 15 is 0 Å². The minimum absolute atomic E-state index is 0.0341. The first-order chi connectivity index (χ1) is 14.8. The molecule has 1 aliphatic rings. The maximum absolute atomic E-state index is 12.7. The molecule has 1 amide bonds. The Kier molecular flexibility index (Phi) is 7.54. The van der Waals surface area contributed by atoms with E-state index in [1.54, 1.807) is 0 Å². The van der Waals surface area contributed by atoms with Gasteiger partial charge in [-0.15, -0.1) is 0 Å². The number of aryl methyl sites for hydroxylation is 1. The van der Waals surface area contributed by atoms with Crippen molar-refractivity contribution in [2.24, 2.45) is 0 Å². The Morgan fingerprint density at radius 2 is 1.84 bits per heavy atom. The Bertz CT molecular complexity index is 853. The maximum Gasteiger partial charge on any atom is 0.417 e. The van der Waals surface area contributed by atoms with Crippen LogP contribution in [-0.2, 0) is 17.4 Å². The van der Waals surface area contributed by atoms with Gasteiger partial charge in [0.2, 0.25) is 5.91 Å². The molecule has 0 saturated carbocycles. The number of alkyl halides is 3. The van der Waals surface area contributed by atoms with E-state index in [9.17, 15) is 18.0 Å². The van der Waals surface area contributed by atoms with Crippen LogP contribution < -0.4 is 10.2 Å². The van der Waals surface area contributed by atoms with E-state index < -0.39 is 11.7 Å². The first-order valence-electron chi connectivity index (χ1n) is 10.6. The fourth-order valence-corrected chi connectivity index (χ4v) is 3.71. The molecule has 1 atom stereocenters. The van der Waals surface area contributed by atoms with Gasteiger partial charge in [0.25, 0.3) is 0 Å². The Morgan fingerprint density at radius 1 is 1.10 bits per heavy atom. The smallest absolute Gasteiger partial charge is 0.355 e. The van der Waals surface area contributed by atoms with Crippen molar-refractivity contribution in [2.75, 3.05) is 37.6 Å². The van der Waals surface area contributed by atoms with Gasteiger partial charge >= 0.3 is 6.18 Å². The lowest BCUT2D eigenvalue weighted by atomic mass is 10.1. The van der Waals surface area contributed by atoms with Crippen molar-refractivity contribution in [2.45, 2.75) is 38.9 Å². The lowest BCUT2D eigenvalue weighted by molar-refractivity contribution is -0.137. The topological polar surface area (TPSA) is 48.5 Å². The molecular weight excluding hydrogens is 405 g/mol. The maximum atomic E-state index is 12.7. The summed E-state index contributed by atoms with van der Waals surface area (Å²) in [5.74, 6) is 0.497. The van der Waals surface area contributed by atoms with Crippen LogP contribution in [0.2, 0.25) is 0 Å². The van der Waals surface area contributed by atoms with Gasteiger partial charge in [0.05, 0.1) is 18.2 Å². The SMILES string of the molecule is CCc1ccc([C@@H](C)NC(=O)CN2CCCN(c3ccc(C(F)(F)F)cn3)CC2)cc1. The van der Waals surface area contributed by atoms with Gasteiger partial charge in [-0.25, -0.2) is 4.98 Å². The number of carbonyl (C=O) groups excluding carboxylic acids is 1. The van der Waals surface area contributed by atoms with Crippen molar-refractivity contribution in [1.29, 1.82) is 0 Å².